The number of para-hydroxylation sites is 1. The fourth-order valence-electron chi connectivity index (χ4n) is 3.55. The summed E-state index contributed by atoms with van der Waals surface area (Å²) in [5, 5.41) is 5.52. The standard InChI is InChI=1S/C24H27FN2O5/c1-5-31-23(28)19-20(14(2)3)26-24(29)27-21(19)16-10-8-12-18(30-4)22(16)32-13-15-9-6-7-11-17(15)25/h6-12,14,21H,5,13H2,1-4H3,(H2,26,27,29). The number of hydrogen-bond donors (Lipinski definition) is 2. The lowest BCUT2D eigenvalue weighted by atomic mass is 9.91. The first kappa shape index (κ1) is 23.1. The lowest BCUT2D eigenvalue weighted by molar-refractivity contribution is -0.139. The maximum atomic E-state index is 14.1. The number of ether oxygens (including phenoxy) is 3. The van der Waals surface area contributed by atoms with Crippen molar-refractivity contribution in [2.75, 3.05) is 13.7 Å². The second kappa shape index (κ2) is 10.2. The Hall–Kier alpha value is -3.55. The number of benzene rings is 2. The van der Waals surface area contributed by atoms with Crippen LogP contribution in [-0.2, 0) is 16.1 Å². The molecule has 0 bridgehead atoms. The molecule has 0 radical (unpaired) electrons. The number of halogens is 1. The van der Waals surface area contributed by atoms with Crippen molar-refractivity contribution in [1.29, 1.82) is 0 Å². The highest BCUT2D eigenvalue weighted by Gasteiger charge is 2.36. The molecule has 0 saturated carbocycles. The van der Waals surface area contributed by atoms with Crippen LogP contribution in [0, 0.1) is 11.7 Å². The second-order valence-electron chi connectivity index (χ2n) is 7.49. The van der Waals surface area contributed by atoms with Gasteiger partial charge in [-0.2, -0.15) is 0 Å². The third-order valence-corrected chi connectivity index (χ3v) is 5.05. The maximum Gasteiger partial charge on any atom is 0.338 e. The van der Waals surface area contributed by atoms with Crippen molar-refractivity contribution in [3.8, 4) is 11.5 Å². The topological polar surface area (TPSA) is 85.9 Å². The Morgan fingerprint density at radius 2 is 1.91 bits per heavy atom. The van der Waals surface area contributed by atoms with Gasteiger partial charge in [0.2, 0.25) is 0 Å². The Balaban J connectivity index is 2.10. The molecule has 1 atom stereocenters. The average Bonchev–Trinajstić information content (AvgIpc) is 2.77. The molecule has 1 heterocycles. The van der Waals surface area contributed by atoms with Gasteiger partial charge in [-0.1, -0.05) is 44.2 Å². The molecule has 8 heteroatoms. The fourth-order valence-corrected chi connectivity index (χ4v) is 3.55. The van der Waals surface area contributed by atoms with Crippen LogP contribution < -0.4 is 20.1 Å². The molecule has 2 aromatic carbocycles. The lowest BCUT2D eigenvalue weighted by Crippen LogP contribution is -2.47. The van der Waals surface area contributed by atoms with Crippen LogP contribution in [0.1, 0.15) is 37.9 Å². The summed E-state index contributed by atoms with van der Waals surface area (Å²) in [6, 6.07) is 10.2. The van der Waals surface area contributed by atoms with Gasteiger partial charge in [0.15, 0.2) is 11.5 Å². The summed E-state index contributed by atoms with van der Waals surface area (Å²) >= 11 is 0. The van der Waals surface area contributed by atoms with E-state index in [1.165, 1.54) is 13.2 Å². The van der Waals surface area contributed by atoms with Crippen LogP contribution in [0.15, 0.2) is 53.7 Å². The van der Waals surface area contributed by atoms with E-state index in [1.807, 2.05) is 13.8 Å². The van der Waals surface area contributed by atoms with E-state index >= 15 is 0 Å². The Morgan fingerprint density at radius 3 is 2.56 bits per heavy atom. The van der Waals surface area contributed by atoms with Crippen molar-refractivity contribution in [2.24, 2.45) is 5.92 Å². The van der Waals surface area contributed by atoms with Gasteiger partial charge in [0.1, 0.15) is 12.4 Å². The number of carbonyl (C=O) groups is 2. The van der Waals surface area contributed by atoms with Crippen molar-refractivity contribution in [1.82, 2.24) is 10.6 Å². The van der Waals surface area contributed by atoms with Gasteiger partial charge in [-0.3, -0.25) is 0 Å². The fraction of sp³-hybridized carbons (Fsp3) is 0.333. The molecule has 0 aliphatic carbocycles. The molecule has 1 unspecified atom stereocenters. The zero-order valence-electron chi connectivity index (χ0n) is 18.5. The van der Waals surface area contributed by atoms with Crippen LogP contribution in [-0.4, -0.2) is 25.7 Å². The molecule has 0 fully saturated rings. The monoisotopic (exact) mass is 442 g/mol. The molecule has 1 aliphatic heterocycles. The molecule has 3 rings (SSSR count). The highest BCUT2D eigenvalue weighted by atomic mass is 19.1. The van der Waals surface area contributed by atoms with Gasteiger partial charge in [-0.25, -0.2) is 14.0 Å². The Morgan fingerprint density at radius 1 is 1.16 bits per heavy atom. The van der Waals surface area contributed by atoms with Gasteiger partial charge in [-0.15, -0.1) is 0 Å². The van der Waals surface area contributed by atoms with Crippen LogP contribution in [0.3, 0.4) is 0 Å². The maximum absolute atomic E-state index is 14.1. The summed E-state index contributed by atoms with van der Waals surface area (Å²) in [4.78, 5) is 25.3. The number of hydrogen-bond acceptors (Lipinski definition) is 5. The molecular weight excluding hydrogens is 415 g/mol. The minimum Gasteiger partial charge on any atom is -0.493 e. The summed E-state index contributed by atoms with van der Waals surface area (Å²) in [6.45, 7) is 5.58. The van der Waals surface area contributed by atoms with Gasteiger partial charge in [-0.05, 0) is 25.0 Å². The van der Waals surface area contributed by atoms with Gasteiger partial charge in [0, 0.05) is 16.8 Å². The zero-order valence-corrected chi connectivity index (χ0v) is 18.5. The molecule has 170 valence electrons. The number of allylic oxidation sites excluding steroid dienone is 1. The quantitative estimate of drug-likeness (QED) is 0.598. The van der Waals surface area contributed by atoms with E-state index in [2.05, 4.69) is 10.6 Å². The number of methoxy groups -OCH3 is 1. The molecule has 2 N–H and O–H groups in total. The van der Waals surface area contributed by atoms with E-state index in [0.29, 0.717) is 28.3 Å². The molecular formula is C24H27FN2O5. The largest absolute Gasteiger partial charge is 0.493 e. The molecule has 0 saturated heterocycles. The summed E-state index contributed by atoms with van der Waals surface area (Å²) < 4.78 is 30.9. The third kappa shape index (κ3) is 4.85. The van der Waals surface area contributed by atoms with E-state index < -0.39 is 23.9 Å². The van der Waals surface area contributed by atoms with Crippen molar-refractivity contribution in [2.45, 2.75) is 33.4 Å². The van der Waals surface area contributed by atoms with Crippen LogP contribution in [0.2, 0.25) is 0 Å². The van der Waals surface area contributed by atoms with Crippen molar-refractivity contribution in [3.05, 3.63) is 70.7 Å². The van der Waals surface area contributed by atoms with E-state index in [-0.39, 0.29) is 24.7 Å². The smallest absolute Gasteiger partial charge is 0.338 e. The van der Waals surface area contributed by atoms with Gasteiger partial charge >= 0.3 is 12.0 Å². The summed E-state index contributed by atoms with van der Waals surface area (Å²) in [6.07, 6.45) is 0. The Labute approximate surface area is 186 Å². The van der Waals surface area contributed by atoms with Crippen LogP contribution in [0.5, 0.6) is 11.5 Å². The second-order valence-corrected chi connectivity index (χ2v) is 7.49. The van der Waals surface area contributed by atoms with Crippen molar-refractivity contribution >= 4 is 12.0 Å². The van der Waals surface area contributed by atoms with E-state index in [1.54, 1.807) is 43.3 Å². The highest BCUT2D eigenvalue weighted by molar-refractivity contribution is 5.95. The zero-order chi connectivity index (χ0) is 23.3. The van der Waals surface area contributed by atoms with Crippen LogP contribution in [0.4, 0.5) is 9.18 Å². The minimum absolute atomic E-state index is 0.0611. The van der Waals surface area contributed by atoms with E-state index in [9.17, 15) is 14.0 Å². The summed E-state index contributed by atoms with van der Waals surface area (Å²) in [5.41, 5.74) is 1.62. The van der Waals surface area contributed by atoms with Crippen molar-refractivity contribution < 1.29 is 28.2 Å². The average molecular weight is 442 g/mol. The van der Waals surface area contributed by atoms with Gasteiger partial charge in [0.05, 0.1) is 25.3 Å². The number of urea groups is 1. The van der Waals surface area contributed by atoms with Crippen LogP contribution >= 0.6 is 0 Å². The molecule has 2 amide bonds. The number of rotatable bonds is 8. The van der Waals surface area contributed by atoms with Crippen molar-refractivity contribution in [3.63, 3.8) is 0 Å². The molecule has 0 spiro atoms. The number of esters is 1. The Bertz CT molecular complexity index is 1030. The number of carbonyl (C=O) groups excluding carboxylic acids is 2. The molecule has 2 aromatic rings. The number of amides is 2. The highest BCUT2D eigenvalue weighted by Crippen LogP contribution is 2.40. The first-order valence-electron chi connectivity index (χ1n) is 10.4. The van der Waals surface area contributed by atoms with Gasteiger partial charge in [0.25, 0.3) is 0 Å². The Kier molecular flexibility index (Phi) is 7.35. The third-order valence-electron chi connectivity index (χ3n) is 5.05. The minimum atomic E-state index is -0.842. The van der Waals surface area contributed by atoms with E-state index in [0.717, 1.165) is 0 Å². The summed E-state index contributed by atoms with van der Waals surface area (Å²) in [7, 11) is 1.48. The lowest BCUT2D eigenvalue weighted by Gasteiger charge is -2.32. The molecule has 0 aromatic heterocycles. The first-order valence-corrected chi connectivity index (χ1v) is 10.4. The van der Waals surface area contributed by atoms with E-state index in [4.69, 9.17) is 14.2 Å². The molecule has 32 heavy (non-hydrogen) atoms. The predicted octanol–water partition coefficient (Wildman–Crippen LogP) is 4.24. The first-order chi connectivity index (χ1) is 15.4. The SMILES string of the molecule is CCOC(=O)C1=C(C(C)C)NC(=O)NC1c1cccc(OC)c1OCc1ccccc1F. The van der Waals surface area contributed by atoms with Gasteiger partial charge < -0.3 is 24.8 Å². The normalized spacial score (nSPS) is 15.8. The number of nitrogens with one attached hydrogen (secondary N) is 2. The molecule has 7 nitrogen and oxygen atoms in total. The predicted molar refractivity (Wildman–Crippen MR) is 117 cm³/mol. The van der Waals surface area contributed by atoms with Crippen LogP contribution in [0.25, 0.3) is 0 Å². The molecule has 1 aliphatic rings. The summed E-state index contributed by atoms with van der Waals surface area (Å²) in [5.74, 6) is -0.391.